The molecule has 5 heterocycles. The fourth-order valence-corrected chi connectivity index (χ4v) is 12.7. The van der Waals surface area contributed by atoms with Crippen LogP contribution in [0.3, 0.4) is 0 Å². The summed E-state index contributed by atoms with van der Waals surface area (Å²) in [7, 11) is 0. The second kappa shape index (κ2) is 17.8. The molecule has 0 atom stereocenters. The summed E-state index contributed by atoms with van der Waals surface area (Å²) < 4.78 is 6.21. The highest BCUT2D eigenvalue weighted by atomic mass is 16.3. The number of benzene rings is 12. The molecule has 81 heavy (non-hydrogen) atoms. The molecule has 0 fully saturated rings. The van der Waals surface area contributed by atoms with E-state index in [1.165, 1.54) is 38.2 Å². The molecule has 17 aromatic rings. The van der Waals surface area contributed by atoms with Crippen LogP contribution in [0.1, 0.15) is 0 Å². The first-order valence-corrected chi connectivity index (χ1v) is 27.5. The predicted molar refractivity (Wildman–Crippen MR) is 338 cm³/mol. The van der Waals surface area contributed by atoms with Gasteiger partial charge >= 0.3 is 0 Å². The Labute approximate surface area is 464 Å². The summed E-state index contributed by atoms with van der Waals surface area (Å²) in [4.78, 5) is 21.0. The van der Waals surface area contributed by atoms with Gasteiger partial charge in [-0.15, -0.1) is 0 Å². The number of hydrogen-bond donors (Lipinski definition) is 0. The van der Waals surface area contributed by atoms with Crippen LogP contribution in [0, 0.1) is 0 Å². The maximum Gasteiger partial charge on any atom is 0.135 e. The van der Waals surface area contributed by atoms with Crippen LogP contribution in [0.4, 0.5) is 0 Å². The van der Waals surface area contributed by atoms with Crippen molar-refractivity contribution in [3.05, 3.63) is 267 Å². The van der Waals surface area contributed by atoms with Gasteiger partial charge in [-0.1, -0.05) is 182 Å². The lowest BCUT2D eigenvalue weighted by molar-refractivity contribution is 0.669. The highest BCUT2D eigenvalue weighted by Gasteiger charge is 2.20. The molecular weight excluding hydrogens is 985 g/mol. The highest BCUT2D eigenvalue weighted by Crippen LogP contribution is 2.44. The fraction of sp³-hybridized carbons (Fsp3) is 0. The zero-order chi connectivity index (χ0) is 53.1. The lowest BCUT2D eigenvalue weighted by atomic mass is 9.90. The van der Waals surface area contributed by atoms with Crippen molar-refractivity contribution in [3.8, 4) is 66.8 Å². The van der Waals surface area contributed by atoms with Gasteiger partial charge in [-0.05, 0) is 150 Å². The topological polar surface area (TPSA) is 64.7 Å². The number of fused-ring (bicyclic) bond motifs is 13. The van der Waals surface area contributed by atoms with E-state index in [0.717, 1.165) is 137 Å². The SMILES string of the molecule is c1cc(-c2ccc3oc4ccccc4c3c2)cc(-c2c3ccc(-c4ccnc5c4ccc4c(-c6cccc(-c7ccc8cc(-c9ccc%10ccccc%10c9)ccc8c7)c6)c6ccccc6nc45)cc3nc3c2ccc2cccnc23)c1. The standard InChI is InChI=1S/C76H44N4O/c1-2-11-47-38-51(22-21-45(47)10-1)53-26-25-52-39-50(23-24-54(52)40-53)48-12-7-14-57(41-48)71-62-18-3-5-19-67(62)79-76-65(71)33-32-61-59(35-37-78-74(61)76)56-28-30-63-68(44-56)80-75-64(31-27-46-16-9-36-77-73(46)75)72(63)58-15-8-13-49(42-58)55-29-34-70-66(43-55)60-17-4-6-20-69(60)81-70/h1-44H. The summed E-state index contributed by atoms with van der Waals surface area (Å²) in [5.41, 5.74) is 20.7. The molecule has 17 rings (SSSR count). The number of pyridine rings is 4. The van der Waals surface area contributed by atoms with Crippen molar-refractivity contribution in [2.24, 2.45) is 0 Å². The minimum Gasteiger partial charge on any atom is -0.456 e. The Morgan fingerprint density at radius 3 is 1.52 bits per heavy atom. The molecular formula is C76H44N4O. The molecule has 0 saturated heterocycles. The molecule has 12 aromatic carbocycles. The predicted octanol–water partition coefficient (Wildman–Crippen LogP) is 20.4. The highest BCUT2D eigenvalue weighted by molar-refractivity contribution is 6.20. The van der Waals surface area contributed by atoms with Crippen molar-refractivity contribution in [1.29, 1.82) is 0 Å². The summed E-state index contributed by atoms with van der Waals surface area (Å²) in [5.74, 6) is 0. The van der Waals surface area contributed by atoms with E-state index in [4.69, 9.17) is 24.4 Å². The number of aromatic nitrogens is 4. The maximum atomic E-state index is 6.21. The van der Waals surface area contributed by atoms with Gasteiger partial charge in [0.05, 0.1) is 33.1 Å². The van der Waals surface area contributed by atoms with E-state index in [-0.39, 0.29) is 0 Å². The third kappa shape index (κ3) is 7.33. The van der Waals surface area contributed by atoms with E-state index in [9.17, 15) is 0 Å². The maximum absolute atomic E-state index is 6.21. The normalized spacial score (nSPS) is 12.0. The Morgan fingerprint density at radius 1 is 0.235 bits per heavy atom. The summed E-state index contributed by atoms with van der Waals surface area (Å²) >= 11 is 0. The largest absolute Gasteiger partial charge is 0.456 e. The van der Waals surface area contributed by atoms with Gasteiger partial charge in [-0.2, -0.15) is 0 Å². The van der Waals surface area contributed by atoms with Gasteiger partial charge in [-0.25, -0.2) is 9.97 Å². The minimum atomic E-state index is 0.853. The number of hydrogen-bond acceptors (Lipinski definition) is 5. The summed E-state index contributed by atoms with van der Waals surface area (Å²) in [6.45, 7) is 0. The Bertz CT molecular complexity index is 5500. The molecule has 0 radical (unpaired) electrons. The third-order valence-electron chi connectivity index (χ3n) is 16.7. The van der Waals surface area contributed by atoms with Crippen molar-refractivity contribution in [2.75, 3.05) is 0 Å². The van der Waals surface area contributed by atoms with Crippen LogP contribution in [0.15, 0.2) is 272 Å². The number of para-hydroxylation sites is 2. The van der Waals surface area contributed by atoms with Crippen LogP contribution < -0.4 is 0 Å². The molecule has 0 amide bonds. The molecule has 374 valence electrons. The number of rotatable bonds is 6. The first kappa shape index (κ1) is 45.2. The smallest absolute Gasteiger partial charge is 0.135 e. The fourth-order valence-electron chi connectivity index (χ4n) is 12.7. The molecule has 0 aliphatic heterocycles. The van der Waals surface area contributed by atoms with Gasteiger partial charge in [0.2, 0.25) is 0 Å². The number of nitrogens with zero attached hydrogens (tertiary/aromatic N) is 4. The van der Waals surface area contributed by atoms with Gasteiger partial charge in [0.1, 0.15) is 11.2 Å². The lowest BCUT2D eigenvalue weighted by Gasteiger charge is -2.16. The van der Waals surface area contributed by atoms with Crippen LogP contribution in [-0.4, -0.2) is 19.9 Å². The Hall–Kier alpha value is -10.9. The molecule has 0 bridgehead atoms. The second-order valence-electron chi connectivity index (χ2n) is 21.3. The van der Waals surface area contributed by atoms with E-state index in [1.807, 2.05) is 30.6 Å². The van der Waals surface area contributed by atoms with Gasteiger partial charge < -0.3 is 4.42 Å². The van der Waals surface area contributed by atoms with Crippen LogP contribution in [0.5, 0.6) is 0 Å². The second-order valence-corrected chi connectivity index (χ2v) is 21.3. The first-order valence-electron chi connectivity index (χ1n) is 27.5. The molecule has 5 aromatic heterocycles. The Morgan fingerprint density at radius 2 is 0.741 bits per heavy atom. The summed E-state index contributed by atoms with van der Waals surface area (Å²) in [5, 5.41) is 13.5. The average Bonchev–Trinajstić information content (AvgIpc) is 3.94. The van der Waals surface area contributed by atoms with Crippen molar-refractivity contribution in [1.82, 2.24) is 19.9 Å². The van der Waals surface area contributed by atoms with E-state index in [2.05, 4.69) is 237 Å². The molecule has 5 heteroatoms. The van der Waals surface area contributed by atoms with Gasteiger partial charge in [0.25, 0.3) is 0 Å². The Kier molecular flexibility index (Phi) is 9.94. The van der Waals surface area contributed by atoms with E-state index in [1.54, 1.807) is 0 Å². The quantitative estimate of drug-likeness (QED) is 0.123. The van der Waals surface area contributed by atoms with Crippen LogP contribution >= 0.6 is 0 Å². The minimum absolute atomic E-state index is 0.853. The van der Waals surface area contributed by atoms with Crippen molar-refractivity contribution < 1.29 is 4.42 Å². The zero-order valence-corrected chi connectivity index (χ0v) is 43.6. The zero-order valence-electron chi connectivity index (χ0n) is 43.6. The van der Waals surface area contributed by atoms with Crippen molar-refractivity contribution in [3.63, 3.8) is 0 Å². The lowest BCUT2D eigenvalue weighted by Crippen LogP contribution is -1.94. The Balaban J connectivity index is 0.779. The average molecular weight is 1030 g/mol. The molecule has 0 unspecified atom stereocenters. The monoisotopic (exact) mass is 1030 g/mol. The van der Waals surface area contributed by atoms with E-state index in [0.29, 0.717) is 0 Å². The van der Waals surface area contributed by atoms with Crippen LogP contribution in [0.25, 0.3) is 176 Å². The van der Waals surface area contributed by atoms with E-state index >= 15 is 0 Å². The first-order chi connectivity index (χ1) is 40.1. The molecule has 0 saturated carbocycles. The van der Waals surface area contributed by atoms with Gasteiger partial charge in [-0.3, -0.25) is 9.97 Å². The van der Waals surface area contributed by atoms with Crippen molar-refractivity contribution >= 4 is 109 Å². The molecule has 0 aliphatic rings. The molecule has 0 aliphatic carbocycles. The number of furan rings is 1. The van der Waals surface area contributed by atoms with Gasteiger partial charge in [0, 0.05) is 66.6 Å². The van der Waals surface area contributed by atoms with E-state index < -0.39 is 0 Å². The summed E-state index contributed by atoms with van der Waals surface area (Å²) in [6.07, 6.45) is 3.79. The summed E-state index contributed by atoms with van der Waals surface area (Å²) in [6, 6.07) is 91.7. The van der Waals surface area contributed by atoms with Gasteiger partial charge in [0.15, 0.2) is 0 Å². The van der Waals surface area contributed by atoms with Crippen molar-refractivity contribution in [2.45, 2.75) is 0 Å². The molecule has 5 nitrogen and oxygen atoms in total. The molecule has 0 spiro atoms. The van der Waals surface area contributed by atoms with Crippen LogP contribution in [0.2, 0.25) is 0 Å². The van der Waals surface area contributed by atoms with Crippen LogP contribution in [-0.2, 0) is 0 Å². The molecule has 0 N–H and O–H groups in total. The third-order valence-corrected chi connectivity index (χ3v) is 16.7.